The van der Waals surface area contributed by atoms with Gasteiger partial charge in [-0.2, -0.15) is 0 Å². The van der Waals surface area contributed by atoms with Crippen molar-refractivity contribution in [3.8, 4) is 0 Å². The summed E-state index contributed by atoms with van der Waals surface area (Å²) in [7, 11) is 1.66. The molecule has 80 valence electrons. The van der Waals surface area contributed by atoms with Crippen LogP contribution in [0.2, 0.25) is 0 Å². The molecule has 0 N–H and O–H groups in total. The number of rotatable bonds is 5. The van der Waals surface area contributed by atoms with Crippen LogP contribution in [0.5, 0.6) is 0 Å². The van der Waals surface area contributed by atoms with Gasteiger partial charge in [-0.3, -0.25) is 0 Å². The van der Waals surface area contributed by atoms with Crippen LogP contribution < -0.4 is 0 Å². The van der Waals surface area contributed by atoms with E-state index in [4.69, 9.17) is 20.8 Å². The van der Waals surface area contributed by atoms with E-state index >= 15 is 0 Å². The maximum absolute atomic E-state index is 5.55. The van der Waals surface area contributed by atoms with Gasteiger partial charge in [0.1, 0.15) is 0 Å². The standard InChI is InChI=1S/C9H15ClN2O2/c1-9(2,13-3)6-8-12-11-7(14-8)4-5-10/h4-6H2,1-3H3. The van der Waals surface area contributed by atoms with Gasteiger partial charge in [-0.15, -0.1) is 21.8 Å². The quantitative estimate of drug-likeness (QED) is 0.708. The van der Waals surface area contributed by atoms with Crippen LogP contribution in [0.4, 0.5) is 0 Å². The largest absolute Gasteiger partial charge is 0.425 e. The summed E-state index contributed by atoms with van der Waals surface area (Å²) in [6.07, 6.45) is 1.22. The van der Waals surface area contributed by atoms with Crippen molar-refractivity contribution in [2.24, 2.45) is 0 Å². The molecule has 1 heterocycles. The molecule has 0 atom stereocenters. The Kier molecular flexibility index (Phi) is 3.89. The molecule has 0 spiro atoms. The van der Waals surface area contributed by atoms with Gasteiger partial charge in [0.15, 0.2) is 0 Å². The second-order valence-corrected chi connectivity index (χ2v) is 4.05. The summed E-state index contributed by atoms with van der Waals surface area (Å²) in [5, 5.41) is 7.78. The molecule has 1 rings (SSSR count). The first-order chi connectivity index (χ1) is 6.57. The minimum absolute atomic E-state index is 0.273. The first-order valence-corrected chi connectivity index (χ1v) is 5.03. The van der Waals surface area contributed by atoms with Crippen molar-refractivity contribution < 1.29 is 9.15 Å². The molecule has 0 fully saturated rings. The summed E-state index contributed by atoms with van der Waals surface area (Å²) in [6, 6.07) is 0. The van der Waals surface area contributed by atoms with E-state index in [9.17, 15) is 0 Å². The van der Waals surface area contributed by atoms with Crippen molar-refractivity contribution in [1.29, 1.82) is 0 Å². The summed E-state index contributed by atoms with van der Waals surface area (Å²) in [5.74, 6) is 1.67. The van der Waals surface area contributed by atoms with E-state index in [2.05, 4.69) is 10.2 Å². The Bertz CT molecular complexity index is 286. The van der Waals surface area contributed by atoms with Crippen LogP contribution in [0.15, 0.2) is 4.42 Å². The van der Waals surface area contributed by atoms with E-state index in [0.29, 0.717) is 30.5 Å². The Morgan fingerprint density at radius 3 is 2.57 bits per heavy atom. The highest BCUT2D eigenvalue weighted by atomic mass is 35.5. The van der Waals surface area contributed by atoms with Crippen molar-refractivity contribution in [2.45, 2.75) is 32.3 Å². The highest BCUT2D eigenvalue weighted by molar-refractivity contribution is 6.17. The molecule has 0 bridgehead atoms. The fourth-order valence-corrected chi connectivity index (χ4v) is 1.14. The Morgan fingerprint density at radius 2 is 2.00 bits per heavy atom. The molecule has 0 aliphatic carbocycles. The van der Waals surface area contributed by atoms with Crippen LogP contribution >= 0.6 is 11.6 Å². The SMILES string of the molecule is COC(C)(C)Cc1nnc(CCCl)o1. The van der Waals surface area contributed by atoms with Crippen LogP contribution in [0.1, 0.15) is 25.6 Å². The van der Waals surface area contributed by atoms with E-state index in [-0.39, 0.29) is 5.60 Å². The maximum atomic E-state index is 5.55. The van der Waals surface area contributed by atoms with Gasteiger partial charge in [-0.25, -0.2) is 0 Å². The molecule has 14 heavy (non-hydrogen) atoms. The molecule has 4 nitrogen and oxygen atoms in total. The number of aryl methyl sites for hydroxylation is 1. The number of methoxy groups -OCH3 is 1. The van der Waals surface area contributed by atoms with Crippen molar-refractivity contribution in [1.82, 2.24) is 10.2 Å². The van der Waals surface area contributed by atoms with Crippen LogP contribution in [0, 0.1) is 0 Å². The van der Waals surface area contributed by atoms with E-state index < -0.39 is 0 Å². The Hall–Kier alpha value is -0.610. The third-order valence-electron chi connectivity index (χ3n) is 1.95. The van der Waals surface area contributed by atoms with Gasteiger partial charge in [-0.05, 0) is 13.8 Å². The minimum Gasteiger partial charge on any atom is -0.425 e. The van der Waals surface area contributed by atoms with E-state index in [1.807, 2.05) is 13.8 Å². The van der Waals surface area contributed by atoms with E-state index in [1.165, 1.54) is 0 Å². The Labute approximate surface area is 88.6 Å². The fraction of sp³-hybridized carbons (Fsp3) is 0.778. The molecule has 0 aromatic carbocycles. The highest BCUT2D eigenvalue weighted by Crippen LogP contribution is 2.15. The molecular weight excluding hydrogens is 204 g/mol. The number of ether oxygens (including phenoxy) is 1. The number of hydrogen-bond acceptors (Lipinski definition) is 4. The van der Waals surface area contributed by atoms with Crippen LogP contribution in [-0.2, 0) is 17.6 Å². The summed E-state index contributed by atoms with van der Waals surface area (Å²) in [5.41, 5.74) is -0.273. The lowest BCUT2D eigenvalue weighted by molar-refractivity contribution is 0.0179. The van der Waals surface area contributed by atoms with Gasteiger partial charge in [0, 0.05) is 19.4 Å². The van der Waals surface area contributed by atoms with Crippen molar-refractivity contribution in [3.63, 3.8) is 0 Å². The van der Waals surface area contributed by atoms with E-state index in [1.54, 1.807) is 7.11 Å². The first kappa shape index (κ1) is 11.5. The van der Waals surface area contributed by atoms with Gasteiger partial charge in [0.2, 0.25) is 11.8 Å². The fourth-order valence-electron chi connectivity index (χ4n) is 0.978. The average molecular weight is 219 g/mol. The van der Waals surface area contributed by atoms with Crippen molar-refractivity contribution in [2.75, 3.05) is 13.0 Å². The Balaban J connectivity index is 2.59. The lowest BCUT2D eigenvalue weighted by atomic mass is 10.1. The third-order valence-corrected chi connectivity index (χ3v) is 2.14. The molecular formula is C9H15ClN2O2. The van der Waals surface area contributed by atoms with Crippen molar-refractivity contribution >= 4 is 11.6 Å². The smallest absolute Gasteiger partial charge is 0.219 e. The highest BCUT2D eigenvalue weighted by Gasteiger charge is 2.20. The normalized spacial score (nSPS) is 12.0. The average Bonchev–Trinajstić information content (AvgIpc) is 2.53. The van der Waals surface area contributed by atoms with Crippen LogP contribution in [0.3, 0.4) is 0 Å². The predicted molar refractivity (Wildman–Crippen MR) is 53.5 cm³/mol. The first-order valence-electron chi connectivity index (χ1n) is 4.50. The number of halogens is 1. The van der Waals surface area contributed by atoms with Gasteiger partial charge in [-0.1, -0.05) is 0 Å². The molecule has 0 saturated carbocycles. The molecule has 0 aliphatic rings. The lowest BCUT2D eigenvalue weighted by Gasteiger charge is -2.20. The molecule has 0 radical (unpaired) electrons. The predicted octanol–water partition coefficient (Wildman–Crippen LogP) is 1.82. The maximum Gasteiger partial charge on any atom is 0.219 e. The van der Waals surface area contributed by atoms with Gasteiger partial charge >= 0.3 is 0 Å². The topological polar surface area (TPSA) is 48.2 Å². The zero-order valence-electron chi connectivity index (χ0n) is 8.71. The number of nitrogens with zero attached hydrogens (tertiary/aromatic N) is 2. The molecule has 5 heteroatoms. The molecule has 1 aromatic rings. The summed E-state index contributed by atoms with van der Waals surface area (Å²) in [6.45, 7) is 3.94. The minimum atomic E-state index is -0.273. The molecule has 0 aliphatic heterocycles. The zero-order valence-corrected chi connectivity index (χ0v) is 9.47. The van der Waals surface area contributed by atoms with Crippen LogP contribution in [-0.4, -0.2) is 28.8 Å². The van der Waals surface area contributed by atoms with Gasteiger partial charge in [0.05, 0.1) is 12.0 Å². The number of hydrogen-bond donors (Lipinski definition) is 0. The molecule has 0 saturated heterocycles. The zero-order chi connectivity index (χ0) is 10.6. The molecule has 0 unspecified atom stereocenters. The third kappa shape index (κ3) is 3.27. The summed E-state index contributed by atoms with van der Waals surface area (Å²) < 4.78 is 10.6. The number of alkyl halides is 1. The second-order valence-electron chi connectivity index (χ2n) is 3.67. The number of aromatic nitrogens is 2. The Morgan fingerprint density at radius 1 is 1.36 bits per heavy atom. The second kappa shape index (κ2) is 4.75. The monoisotopic (exact) mass is 218 g/mol. The van der Waals surface area contributed by atoms with Crippen LogP contribution in [0.25, 0.3) is 0 Å². The van der Waals surface area contributed by atoms with E-state index in [0.717, 1.165) is 0 Å². The van der Waals surface area contributed by atoms with Gasteiger partial charge in [0.25, 0.3) is 0 Å². The summed E-state index contributed by atoms with van der Waals surface area (Å²) in [4.78, 5) is 0. The lowest BCUT2D eigenvalue weighted by Crippen LogP contribution is -2.25. The molecule has 1 aromatic heterocycles. The van der Waals surface area contributed by atoms with Gasteiger partial charge < -0.3 is 9.15 Å². The molecule has 0 amide bonds. The summed E-state index contributed by atoms with van der Waals surface area (Å²) >= 11 is 5.55. The van der Waals surface area contributed by atoms with Crippen molar-refractivity contribution in [3.05, 3.63) is 11.8 Å².